The first kappa shape index (κ1) is 8.25. The third-order valence-electron chi connectivity index (χ3n) is 3.84. The molecule has 4 rings (SSSR count). The van der Waals surface area contributed by atoms with Crippen molar-refractivity contribution < 1.29 is 9.60 Å². The van der Waals surface area contributed by atoms with Crippen LogP contribution in [0.3, 0.4) is 0 Å². The average molecular weight is 313 g/mol. The lowest BCUT2D eigenvalue weighted by atomic mass is 9.96. The fraction of sp³-hybridized carbons (Fsp3) is 0.412. The Morgan fingerprint density at radius 3 is 3.22 bits per heavy atom. The first-order valence-electron chi connectivity index (χ1n) is 10.6. The standard InChI is InChI=1S/C17H18N6/c18-7-5-15(12-3-1-2-4-12)23-10-13(9-22-23)16-14-6-8-19-17(14)21-11-20-16/h6,8-12,15H,1-5H2,(H,19,20,21)/t15-/m1/s1/i1D2,2D2,5D2,12D. The van der Waals surface area contributed by atoms with Crippen molar-refractivity contribution in [1.82, 2.24) is 24.7 Å². The monoisotopic (exact) mass is 313 g/mol. The highest BCUT2D eigenvalue weighted by Crippen LogP contribution is 2.36. The van der Waals surface area contributed by atoms with Crippen molar-refractivity contribution in [3.05, 3.63) is 31.0 Å². The van der Waals surface area contributed by atoms with Gasteiger partial charge in [0.25, 0.3) is 0 Å². The van der Waals surface area contributed by atoms with E-state index in [9.17, 15) is 5.26 Å². The van der Waals surface area contributed by atoms with Crippen molar-refractivity contribution in [2.45, 2.75) is 38.0 Å². The molecule has 1 fully saturated rings. The van der Waals surface area contributed by atoms with Crippen LogP contribution in [0, 0.1) is 17.2 Å². The fourth-order valence-electron chi connectivity index (χ4n) is 2.73. The zero-order valence-corrected chi connectivity index (χ0v) is 12.1. The summed E-state index contributed by atoms with van der Waals surface area (Å²) in [6, 6.07) is 1.80. The molecule has 0 aliphatic heterocycles. The van der Waals surface area contributed by atoms with Crippen LogP contribution >= 0.6 is 0 Å². The fourth-order valence-corrected chi connectivity index (χ4v) is 2.73. The Hall–Kier alpha value is -2.68. The van der Waals surface area contributed by atoms with E-state index in [1.807, 2.05) is 0 Å². The molecule has 0 radical (unpaired) electrons. The van der Waals surface area contributed by atoms with Gasteiger partial charge in [-0.1, -0.05) is 12.7 Å². The van der Waals surface area contributed by atoms with E-state index in [1.165, 1.54) is 18.7 Å². The van der Waals surface area contributed by atoms with E-state index in [4.69, 9.17) is 9.60 Å². The molecule has 0 saturated heterocycles. The first-order chi connectivity index (χ1) is 13.9. The van der Waals surface area contributed by atoms with Gasteiger partial charge in [0.05, 0.1) is 30.4 Å². The van der Waals surface area contributed by atoms with Crippen LogP contribution in [-0.2, 0) is 0 Å². The number of nitriles is 1. The summed E-state index contributed by atoms with van der Waals surface area (Å²) >= 11 is 0. The molecule has 3 heterocycles. The molecule has 0 unspecified atom stereocenters. The van der Waals surface area contributed by atoms with Crippen LogP contribution in [-0.4, -0.2) is 24.7 Å². The summed E-state index contributed by atoms with van der Waals surface area (Å²) in [5.74, 6) is -1.93. The summed E-state index contributed by atoms with van der Waals surface area (Å²) < 4.78 is 58.3. The van der Waals surface area contributed by atoms with E-state index in [-0.39, 0.29) is 0 Å². The molecule has 116 valence electrons. The second kappa shape index (κ2) is 5.84. The van der Waals surface area contributed by atoms with Crippen LogP contribution < -0.4 is 0 Å². The highest BCUT2D eigenvalue weighted by atomic mass is 15.3. The maximum Gasteiger partial charge on any atom is 0.141 e. The molecular formula is C17H18N6. The van der Waals surface area contributed by atoms with Gasteiger partial charge in [-0.15, -0.1) is 0 Å². The molecule has 1 aliphatic rings. The van der Waals surface area contributed by atoms with Crippen molar-refractivity contribution in [2.24, 2.45) is 5.89 Å². The summed E-state index contributed by atoms with van der Waals surface area (Å²) in [4.78, 5) is 11.3. The van der Waals surface area contributed by atoms with Crippen molar-refractivity contribution in [3.8, 4) is 17.3 Å². The van der Waals surface area contributed by atoms with Crippen molar-refractivity contribution >= 4 is 11.0 Å². The number of aromatic amines is 1. The van der Waals surface area contributed by atoms with Gasteiger partial charge in [0.15, 0.2) is 0 Å². The van der Waals surface area contributed by atoms with E-state index < -0.39 is 43.9 Å². The van der Waals surface area contributed by atoms with Gasteiger partial charge >= 0.3 is 0 Å². The number of H-pyrrole nitrogens is 1. The van der Waals surface area contributed by atoms with E-state index >= 15 is 0 Å². The molecule has 0 spiro atoms. The van der Waals surface area contributed by atoms with Gasteiger partial charge in [-0.25, -0.2) is 9.97 Å². The molecule has 1 atom stereocenters. The Kier molecular flexibility index (Phi) is 2.10. The summed E-state index contributed by atoms with van der Waals surface area (Å²) in [6.07, 6.45) is -2.44. The maximum atomic E-state index is 9.44. The summed E-state index contributed by atoms with van der Waals surface area (Å²) in [5.41, 5.74) is 1.64. The lowest BCUT2D eigenvalue weighted by Gasteiger charge is -2.21. The maximum absolute atomic E-state index is 9.44. The zero-order valence-electron chi connectivity index (χ0n) is 19.1. The first-order valence-corrected chi connectivity index (χ1v) is 7.14. The minimum absolute atomic E-state index is 0.508. The largest absolute Gasteiger partial charge is 0.346 e. The second-order valence-corrected chi connectivity index (χ2v) is 5.20. The number of aromatic nitrogens is 5. The predicted octanol–water partition coefficient (Wildman–Crippen LogP) is 3.47. The highest BCUT2D eigenvalue weighted by molar-refractivity contribution is 5.89. The molecule has 0 amide bonds. The SMILES string of the molecule is [2H]C([2H])(C#N)[C@@H](n1cc(-c2ncnc3[nH]ccc23)cn1)C1([2H])CC([2H])([2H])C([2H])([2H])C1. The van der Waals surface area contributed by atoms with Crippen LogP contribution in [0.25, 0.3) is 22.3 Å². The highest BCUT2D eigenvalue weighted by Gasteiger charge is 2.27. The molecule has 23 heavy (non-hydrogen) atoms. The normalized spacial score (nSPS) is 27.5. The van der Waals surface area contributed by atoms with Gasteiger partial charge in [0.1, 0.15) is 12.0 Å². The number of hydrogen-bond donors (Lipinski definition) is 1. The van der Waals surface area contributed by atoms with Crippen LogP contribution in [0.2, 0.25) is 0 Å². The number of nitrogens with one attached hydrogen (secondary N) is 1. The molecule has 1 aliphatic carbocycles. The summed E-state index contributed by atoms with van der Waals surface area (Å²) in [7, 11) is 0. The van der Waals surface area contributed by atoms with Crippen molar-refractivity contribution in [1.29, 1.82) is 5.26 Å². The molecule has 3 aromatic rings. The Bertz CT molecular complexity index is 1130. The molecule has 6 heteroatoms. The number of hydrogen-bond acceptors (Lipinski definition) is 4. The quantitative estimate of drug-likeness (QED) is 0.799. The lowest BCUT2D eigenvalue weighted by molar-refractivity contribution is 0.315. The minimum Gasteiger partial charge on any atom is -0.346 e. The van der Waals surface area contributed by atoms with E-state index in [0.717, 1.165) is 4.68 Å². The van der Waals surface area contributed by atoms with E-state index in [0.29, 0.717) is 22.3 Å². The third kappa shape index (κ3) is 2.48. The zero-order chi connectivity index (χ0) is 21.9. The van der Waals surface area contributed by atoms with Gasteiger partial charge in [-0.3, -0.25) is 4.68 Å². The van der Waals surface area contributed by atoms with Gasteiger partial charge in [0.2, 0.25) is 0 Å². The molecule has 6 nitrogen and oxygen atoms in total. The van der Waals surface area contributed by atoms with E-state index in [1.54, 1.807) is 18.3 Å². The van der Waals surface area contributed by atoms with Gasteiger partial charge in [-0.2, -0.15) is 10.4 Å². The molecule has 1 N–H and O–H groups in total. The number of rotatable bonds is 4. The number of nitrogens with zero attached hydrogens (tertiary/aromatic N) is 5. The number of fused-ring (bicyclic) bond motifs is 1. The molecular weight excluding hydrogens is 288 g/mol. The Morgan fingerprint density at radius 1 is 1.52 bits per heavy atom. The lowest BCUT2D eigenvalue weighted by Crippen LogP contribution is -2.17. The average Bonchev–Trinajstić information content (AvgIpc) is 3.32. The van der Waals surface area contributed by atoms with Crippen LogP contribution in [0.1, 0.15) is 47.6 Å². The van der Waals surface area contributed by atoms with Gasteiger partial charge < -0.3 is 4.98 Å². The molecule has 3 aromatic heterocycles. The summed E-state index contributed by atoms with van der Waals surface area (Å²) in [5, 5.41) is 14.3. The molecule has 1 saturated carbocycles. The topological polar surface area (TPSA) is 83.2 Å². The summed E-state index contributed by atoms with van der Waals surface area (Å²) in [6.45, 7) is 0. The molecule has 0 bridgehead atoms. The second-order valence-electron chi connectivity index (χ2n) is 5.20. The Labute approximate surface area is 144 Å². The third-order valence-corrected chi connectivity index (χ3v) is 3.84. The van der Waals surface area contributed by atoms with Crippen LogP contribution in [0.4, 0.5) is 0 Å². The van der Waals surface area contributed by atoms with Gasteiger partial charge in [-0.05, 0) is 24.8 Å². The Morgan fingerprint density at radius 2 is 2.39 bits per heavy atom. The minimum atomic E-state index is -2.59. The molecule has 0 aromatic carbocycles. The van der Waals surface area contributed by atoms with E-state index in [2.05, 4.69) is 20.1 Å². The van der Waals surface area contributed by atoms with Gasteiger partial charge in [0, 0.05) is 32.9 Å². The van der Waals surface area contributed by atoms with Crippen molar-refractivity contribution in [3.63, 3.8) is 0 Å². The Balaban J connectivity index is 1.82. The van der Waals surface area contributed by atoms with Crippen LogP contribution in [0.5, 0.6) is 0 Å². The smallest absolute Gasteiger partial charge is 0.141 e. The van der Waals surface area contributed by atoms with Crippen LogP contribution in [0.15, 0.2) is 31.0 Å². The predicted molar refractivity (Wildman–Crippen MR) is 86.3 cm³/mol. The van der Waals surface area contributed by atoms with Crippen molar-refractivity contribution in [2.75, 3.05) is 0 Å².